The minimum Gasteiger partial charge on any atom is -0.486 e. The van der Waals surface area contributed by atoms with E-state index in [-0.39, 0.29) is 6.04 Å². The van der Waals surface area contributed by atoms with Gasteiger partial charge in [0.05, 0.1) is 6.04 Å². The number of rotatable bonds is 2. The van der Waals surface area contributed by atoms with Crippen molar-refractivity contribution in [1.82, 2.24) is 0 Å². The van der Waals surface area contributed by atoms with Crippen LogP contribution < -0.4 is 15.2 Å². The average molecular weight is 296 g/mol. The highest BCUT2D eigenvalue weighted by atomic mass is 35.5. The Morgan fingerprint density at radius 1 is 1.26 bits per heavy atom. The van der Waals surface area contributed by atoms with Gasteiger partial charge in [-0.25, -0.2) is 0 Å². The molecule has 2 N–H and O–H groups in total. The van der Waals surface area contributed by atoms with Crippen LogP contribution in [0.25, 0.3) is 0 Å². The molecule has 5 heteroatoms. The first kappa shape index (κ1) is 12.8. The van der Waals surface area contributed by atoms with Crippen LogP contribution in [0.3, 0.4) is 0 Å². The molecule has 0 fully saturated rings. The van der Waals surface area contributed by atoms with E-state index in [1.165, 1.54) is 5.56 Å². The standard InChI is InChI=1S/C14H14ClNO2S/c1-8-2-5-19-14(8)13(16)9-6-11-12(7-10(9)15)18-4-3-17-11/h2,5-7,13H,3-4,16H2,1H3. The van der Waals surface area contributed by atoms with E-state index in [0.717, 1.165) is 16.2 Å². The lowest BCUT2D eigenvalue weighted by atomic mass is 10.0. The predicted octanol–water partition coefficient (Wildman–Crippen LogP) is 3.53. The Bertz CT molecular complexity index is 611. The molecule has 0 bridgehead atoms. The molecule has 0 aliphatic carbocycles. The number of halogens is 1. The SMILES string of the molecule is Cc1ccsc1C(N)c1cc2c(cc1Cl)OCCO2. The monoisotopic (exact) mass is 295 g/mol. The number of thiophene rings is 1. The molecule has 1 aromatic carbocycles. The van der Waals surface area contributed by atoms with Gasteiger partial charge in [-0.15, -0.1) is 11.3 Å². The number of benzene rings is 1. The van der Waals surface area contributed by atoms with Gasteiger partial charge >= 0.3 is 0 Å². The molecular formula is C14H14ClNO2S. The van der Waals surface area contributed by atoms with E-state index in [0.29, 0.717) is 24.0 Å². The molecule has 1 aliphatic heterocycles. The Balaban J connectivity index is 2.03. The first-order chi connectivity index (χ1) is 9.16. The van der Waals surface area contributed by atoms with Crippen LogP contribution in [0.4, 0.5) is 0 Å². The molecule has 3 nitrogen and oxygen atoms in total. The van der Waals surface area contributed by atoms with Crippen molar-refractivity contribution in [2.45, 2.75) is 13.0 Å². The second-order valence-electron chi connectivity index (χ2n) is 4.46. The second kappa shape index (κ2) is 5.04. The molecule has 1 atom stereocenters. The van der Waals surface area contributed by atoms with E-state index in [1.807, 2.05) is 11.4 Å². The van der Waals surface area contributed by atoms with Crippen LogP contribution in [0.2, 0.25) is 5.02 Å². The summed E-state index contributed by atoms with van der Waals surface area (Å²) < 4.78 is 11.1. The summed E-state index contributed by atoms with van der Waals surface area (Å²) in [6.45, 7) is 3.16. The molecule has 0 saturated carbocycles. The fourth-order valence-corrected chi connectivity index (χ4v) is 3.38. The summed E-state index contributed by atoms with van der Waals surface area (Å²) >= 11 is 7.96. The third kappa shape index (κ3) is 2.31. The van der Waals surface area contributed by atoms with Gasteiger partial charge in [0.2, 0.25) is 0 Å². The summed E-state index contributed by atoms with van der Waals surface area (Å²) in [5, 5.41) is 2.65. The van der Waals surface area contributed by atoms with E-state index in [2.05, 4.69) is 13.0 Å². The van der Waals surface area contributed by atoms with Gasteiger partial charge in [-0.1, -0.05) is 11.6 Å². The van der Waals surface area contributed by atoms with Gasteiger partial charge in [-0.05, 0) is 35.6 Å². The number of aryl methyl sites for hydroxylation is 1. The Morgan fingerprint density at radius 2 is 1.95 bits per heavy atom. The molecule has 0 spiro atoms. The number of ether oxygens (including phenoxy) is 2. The molecule has 2 aromatic rings. The van der Waals surface area contributed by atoms with E-state index >= 15 is 0 Å². The minimum absolute atomic E-state index is 0.233. The molecule has 1 aromatic heterocycles. The summed E-state index contributed by atoms with van der Waals surface area (Å²) in [6.07, 6.45) is 0. The smallest absolute Gasteiger partial charge is 0.162 e. The van der Waals surface area contributed by atoms with Crippen LogP contribution >= 0.6 is 22.9 Å². The molecule has 3 rings (SSSR count). The second-order valence-corrected chi connectivity index (χ2v) is 5.82. The normalized spacial score (nSPS) is 15.3. The highest BCUT2D eigenvalue weighted by Gasteiger charge is 2.21. The molecule has 19 heavy (non-hydrogen) atoms. The van der Waals surface area contributed by atoms with E-state index in [1.54, 1.807) is 17.4 Å². The Kier molecular flexibility index (Phi) is 3.39. The Hall–Kier alpha value is -1.23. The van der Waals surface area contributed by atoms with Crippen molar-refractivity contribution in [2.75, 3.05) is 13.2 Å². The zero-order chi connectivity index (χ0) is 13.4. The first-order valence-corrected chi connectivity index (χ1v) is 7.31. The van der Waals surface area contributed by atoms with Crippen molar-refractivity contribution in [2.24, 2.45) is 5.73 Å². The molecule has 0 amide bonds. The first-order valence-electron chi connectivity index (χ1n) is 6.05. The van der Waals surface area contributed by atoms with E-state index < -0.39 is 0 Å². The van der Waals surface area contributed by atoms with Crippen LogP contribution in [0, 0.1) is 6.92 Å². The zero-order valence-corrected chi connectivity index (χ0v) is 12.1. The lowest BCUT2D eigenvalue weighted by molar-refractivity contribution is 0.171. The molecule has 1 aliphatic rings. The predicted molar refractivity (Wildman–Crippen MR) is 77.5 cm³/mol. The van der Waals surface area contributed by atoms with Crippen LogP contribution in [0.15, 0.2) is 23.6 Å². The van der Waals surface area contributed by atoms with Gasteiger partial charge < -0.3 is 15.2 Å². The molecule has 1 unspecified atom stereocenters. The highest BCUT2D eigenvalue weighted by molar-refractivity contribution is 7.10. The summed E-state index contributed by atoms with van der Waals surface area (Å²) in [5.41, 5.74) is 8.38. The Labute approximate surface area is 120 Å². The number of nitrogens with two attached hydrogens (primary N) is 1. The summed E-state index contributed by atoms with van der Waals surface area (Å²) in [4.78, 5) is 1.12. The van der Waals surface area contributed by atoms with Gasteiger partial charge in [-0.3, -0.25) is 0 Å². The van der Waals surface area contributed by atoms with Gasteiger partial charge in [0.25, 0.3) is 0 Å². The summed E-state index contributed by atoms with van der Waals surface area (Å²) in [5.74, 6) is 1.41. The quantitative estimate of drug-likeness (QED) is 0.922. The van der Waals surface area contributed by atoms with Crippen molar-refractivity contribution in [1.29, 1.82) is 0 Å². The fourth-order valence-electron chi connectivity index (χ4n) is 2.16. The summed E-state index contributed by atoms with van der Waals surface area (Å²) in [7, 11) is 0. The van der Waals surface area contributed by atoms with Crippen molar-refractivity contribution < 1.29 is 9.47 Å². The van der Waals surface area contributed by atoms with Gasteiger partial charge in [0, 0.05) is 16.0 Å². The molecule has 0 saturated heterocycles. The molecule has 2 heterocycles. The lowest BCUT2D eigenvalue weighted by Gasteiger charge is -2.21. The van der Waals surface area contributed by atoms with E-state index in [9.17, 15) is 0 Å². The molecule has 0 radical (unpaired) electrons. The maximum absolute atomic E-state index is 6.33. The molecule has 100 valence electrons. The minimum atomic E-state index is -0.233. The van der Waals surface area contributed by atoms with Crippen molar-refractivity contribution in [3.8, 4) is 11.5 Å². The van der Waals surface area contributed by atoms with Crippen molar-refractivity contribution in [3.05, 3.63) is 44.6 Å². The fraction of sp³-hybridized carbons (Fsp3) is 0.286. The Morgan fingerprint density at radius 3 is 2.58 bits per heavy atom. The summed E-state index contributed by atoms with van der Waals surface area (Å²) in [6, 6.07) is 5.50. The topological polar surface area (TPSA) is 44.5 Å². The van der Waals surface area contributed by atoms with Crippen molar-refractivity contribution >= 4 is 22.9 Å². The van der Waals surface area contributed by atoms with Crippen LogP contribution in [0.1, 0.15) is 22.0 Å². The zero-order valence-electron chi connectivity index (χ0n) is 10.5. The number of hydrogen-bond donors (Lipinski definition) is 1. The number of fused-ring (bicyclic) bond motifs is 1. The number of hydrogen-bond acceptors (Lipinski definition) is 4. The van der Waals surface area contributed by atoms with Crippen molar-refractivity contribution in [3.63, 3.8) is 0 Å². The van der Waals surface area contributed by atoms with Crippen LogP contribution in [0.5, 0.6) is 11.5 Å². The highest BCUT2D eigenvalue weighted by Crippen LogP contribution is 2.39. The average Bonchev–Trinajstić information content (AvgIpc) is 2.83. The third-order valence-electron chi connectivity index (χ3n) is 3.18. The van der Waals surface area contributed by atoms with Crippen LogP contribution in [-0.4, -0.2) is 13.2 Å². The lowest BCUT2D eigenvalue weighted by Crippen LogP contribution is -2.17. The largest absolute Gasteiger partial charge is 0.486 e. The maximum Gasteiger partial charge on any atom is 0.162 e. The third-order valence-corrected chi connectivity index (χ3v) is 4.61. The van der Waals surface area contributed by atoms with Gasteiger partial charge in [0.15, 0.2) is 11.5 Å². The molecular weight excluding hydrogens is 282 g/mol. The van der Waals surface area contributed by atoms with Gasteiger partial charge in [0.1, 0.15) is 13.2 Å². The maximum atomic E-state index is 6.33. The van der Waals surface area contributed by atoms with E-state index in [4.69, 9.17) is 26.8 Å². The van der Waals surface area contributed by atoms with Crippen LogP contribution in [-0.2, 0) is 0 Å². The van der Waals surface area contributed by atoms with Gasteiger partial charge in [-0.2, -0.15) is 0 Å².